The third kappa shape index (κ3) is 2.71. The van der Waals surface area contributed by atoms with Crippen molar-refractivity contribution in [3.05, 3.63) is 12.2 Å². The smallest absolute Gasteiger partial charge is 0.407 e. The number of amides is 1. The van der Waals surface area contributed by atoms with E-state index in [4.69, 9.17) is 10.2 Å². The lowest BCUT2D eigenvalue weighted by atomic mass is 9.91. The molecular formula is C9H15NO4. The molecule has 0 aromatic heterocycles. The standard InChI is InChI=1S/C9H15NO4/c11-7-1-2-9(14)3-5-10(6-4-9)8(12)13/h1-2,11,14H,3-7H2,(H,12,13). The van der Waals surface area contributed by atoms with Crippen LogP contribution in [-0.2, 0) is 0 Å². The van der Waals surface area contributed by atoms with E-state index in [0.29, 0.717) is 25.9 Å². The number of nitrogens with zero attached hydrogens (tertiary/aromatic N) is 1. The monoisotopic (exact) mass is 201 g/mol. The van der Waals surface area contributed by atoms with Crippen molar-refractivity contribution in [2.75, 3.05) is 19.7 Å². The predicted octanol–water partition coefficient (Wildman–Crippen LogP) is 0.0398. The van der Waals surface area contributed by atoms with Gasteiger partial charge in [0, 0.05) is 13.1 Å². The van der Waals surface area contributed by atoms with E-state index in [1.54, 1.807) is 6.08 Å². The van der Waals surface area contributed by atoms with Crippen LogP contribution in [0.5, 0.6) is 0 Å². The number of hydrogen-bond acceptors (Lipinski definition) is 3. The van der Waals surface area contributed by atoms with Crippen molar-refractivity contribution in [3.8, 4) is 0 Å². The zero-order valence-corrected chi connectivity index (χ0v) is 7.89. The first kappa shape index (κ1) is 11.0. The van der Waals surface area contributed by atoms with Gasteiger partial charge in [-0.1, -0.05) is 12.2 Å². The Morgan fingerprint density at radius 1 is 1.43 bits per heavy atom. The summed E-state index contributed by atoms with van der Waals surface area (Å²) in [4.78, 5) is 11.8. The van der Waals surface area contributed by atoms with E-state index in [1.807, 2.05) is 0 Å². The molecule has 1 rings (SSSR count). The summed E-state index contributed by atoms with van der Waals surface area (Å²) in [6.07, 6.45) is 2.85. The fourth-order valence-electron chi connectivity index (χ4n) is 1.52. The van der Waals surface area contributed by atoms with E-state index >= 15 is 0 Å². The van der Waals surface area contributed by atoms with Gasteiger partial charge in [0.25, 0.3) is 0 Å². The molecule has 1 aliphatic heterocycles. The van der Waals surface area contributed by atoms with Gasteiger partial charge in [-0.25, -0.2) is 4.79 Å². The van der Waals surface area contributed by atoms with Gasteiger partial charge in [-0.2, -0.15) is 0 Å². The van der Waals surface area contributed by atoms with Crippen LogP contribution in [-0.4, -0.2) is 51.6 Å². The van der Waals surface area contributed by atoms with Gasteiger partial charge in [0.1, 0.15) is 0 Å². The van der Waals surface area contributed by atoms with Gasteiger partial charge in [-0.3, -0.25) is 0 Å². The van der Waals surface area contributed by atoms with E-state index < -0.39 is 11.7 Å². The number of carbonyl (C=O) groups is 1. The van der Waals surface area contributed by atoms with Gasteiger partial charge in [-0.15, -0.1) is 0 Å². The van der Waals surface area contributed by atoms with E-state index in [2.05, 4.69) is 0 Å². The number of hydrogen-bond donors (Lipinski definition) is 3. The fourth-order valence-corrected chi connectivity index (χ4v) is 1.52. The third-order valence-corrected chi connectivity index (χ3v) is 2.43. The molecule has 1 aliphatic rings. The van der Waals surface area contributed by atoms with Crippen LogP contribution in [0.1, 0.15) is 12.8 Å². The molecule has 0 aromatic rings. The highest BCUT2D eigenvalue weighted by molar-refractivity contribution is 5.65. The maximum atomic E-state index is 10.6. The molecule has 1 fully saturated rings. The molecule has 3 N–H and O–H groups in total. The summed E-state index contributed by atoms with van der Waals surface area (Å²) in [5.41, 5.74) is -0.950. The maximum Gasteiger partial charge on any atom is 0.407 e. The first-order chi connectivity index (χ1) is 6.57. The van der Waals surface area contributed by atoms with E-state index in [0.717, 1.165) is 0 Å². The van der Waals surface area contributed by atoms with Crippen LogP contribution in [0.3, 0.4) is 0 Å². The van der Waals surface area contributed by atoms with Crippen LogP contribution in [0.2, 0.25) is 0 Å². The second-order valence-electron chi connectivity index (χ2n) is 3.46. The van der Waals surface area contributed by atoms with Gasteiger partial charge >= 0.3 is 6.09 Å². The molecular weight excluding hydrogens is 186 g/mol. The second-order valence-corrected chi connectivity index (χ2v) is 3.46. The Bertz CT molecular complexity index is 231. The Labute approximate surface area is 82.3 Å². The van der Waals surface area contributed by atoms with E-state index in [-0.39, 0.29) is 6.61 Å². The minimum absolute atomic E-state index is 0.106. The summed E-state index contributed by atoms with van der Waals surface area (Å²) in [5.74, 6) is 0. The van der Waals surface area contributed by atoms with Crippen LogP contribution < -0.4 is 0 Å². The zero-order valence-electron chi connectivity index (χ0n) is 7.89. The molecule has 0 radical (unpaired) electrons. The summed E-state index contributed by atoms with van der Waals surface area (Å²) in [5, 5.41) is 27.1. The van der Waals surface area contributed by atoms with E-state index in [1.165, 1.54) is 11.0 Å². The molecule has 0 saturated carbocycles. The lowest BCUT2D eigenvalue weighted by Gasteiger charge is -2.34. The molecule has 0 atom stereocenters. The largest absolute Gasteiger partial charge is 0.465 e. The van der Waals surface area contributed by atoms with Crippen molar-refractivity contribution < 1.29 is 20.1 Å². The lowest BCUT2D eigenvalue weighted by Crippen LogP contribution is -2.45. The first-order valence-corrected chi connectivity index (χ1v) is 4.56. The van der Waals surface area contributed by atoms with Crippen LogP contribution in [0.4, 0.5) is 4.79 Å². The Hall–Kier alpha value is -1.07. The molecule has 0 aromatic carbocycles. The van der Waals surface area contributed by atoms with Gasteiger partial charge in [0.15, 0.2) is 0 Å². The Morgan fingerprint density at radius 3 is 2.43 bits per heavy atom. The number of aliphatic hydroxyl groups is 2. The van der Waals surface area contributed by atoms with Gasteiger partial charge in [0.2, 0.25) is 0 Å². The topological polar surface area (TPSA) is 81.0 Å². The van der Waals surface area contributed by atoms with Crippen molar-refractivity contribution in [3.63, 3.8) is 0 Å². The quantitative estimate of drug-likeness (QED) is 0.551. The third-order valence-electron chi connectivity index (χ3n) is 2.43. The van der Waals surface area contributed by atoms with Crippen LogP contribution >= 0.6 is 0 Å². The average molecular weight is 201 g/mol. The minimum atomic E-state index is -0.950. The number of likely N-dealkylation sites (tertiary alicyclic amines) is 1. The van der Waals surface area contributed by atoms with Gasteiger partial charge < -0.3 is 20.2 Å². The molecule has 1 heterocycles. The summed E-state index contributed by atoms with van der Waals surface area (Å²) in [7, 11) is 0. The van der Waals surface area contributed by atoms with Crippen molar-refractivity contribution in [2.45, 2.75) is 18.4 Å². The predicted molar refractivity (Wildman–Crippen MR) is 50.0 cm³/mol. The van der Waals surface area contributed by atoms with Crippen LogP contribution in [0.25, 0.3) is 0 Å². The SMILES string of the molecule is O=C(O)N1CCC(O)(C=CCO)CC1. The highest BCUT2D eigenvalue weighted by Gasteiger charge is 2.31. The number of rotatable bonds is 2. The lowest BCUT2D eigenvalue weighted by molar-refractivity contribution is 0.0217. The Balaban J connectivity index is 2.48. The Kier molecular flexibility index (Phi) is 3.49. The first-order valence-electron chi connectivity index (χ1n) is 4.56. The number of carboxylic acid groups (broad SMARTS) is 1. The maximum absolute atomic E-state index is 10.6. The Morgan fingerprint density at radius 2 is 2.00 bits per heavy atom. The molecule has 0 aliphatic carbocycles. The van der Waals surface area contributed by atoms with Gasteiger partial charge in [0.05, 0.1) is 12.2 Å². The molecule has 80 valence electrons. The summed E-state index contributed by atoms with van der Waals surface area (Å²) in [6.45, 7) is 0.564. The van der Waals surface area contributed by atoms with Crippen LogP contribution in [0, 0.1) is 0 Å². The highest BCUT2D eigenvalue weighted by Crippen LogP contribution is 2.23. The minimum Gasteiger partial charge on any atom is -0.465 e. The van der Waals surface area contributed by atoms with Crippen molar-refractivity contribution in [1.82, 2.24) is 4.90 Å². The normalized spacial score (nSPS) is 21.4. The molecule has 5 nitrogen and oxygen atoms in total. The molecule has 0 spiro atoms. The van der Waals surface area contributed by atoms with Gasteiger partial charge in [-0.05, 0) is 12.8 Å². The van der Waals surface area contributed by atoms with E-state index in [9.17, 15) is 9.90 Å². The summed E-state index contributed by atoms with van der Waals surface area (Å²) in [6, 6.07) is 0. The molecule has 14 heavy (non-hydrogen) atoms. The van der Waals surface area contributed by atoms with Crippen LogP contribution in [0.15, 0.2) is 12.2 Å². The van der Waals surface area contributed by atoms with Crippen molar-refractivity contribution in [2.24, 2.45) is 0 Å². The molecule has 1 saturated heterocycles. The molecule has 5 heteroatoms. The second kappa shape index (κ2) is 4.43. The highest BCUT2D eigenvalue weighted by atomic mass is 16.4. The average Bonchev–Trinajstić information content (AvgIpc) is 2.16. The zero-order chi connectivity index (χ0) is 10.6. The molecule has 0 unspecified atom stereocenters. The summed E-state index contributed by atoms with van der Waals surface area (Å²) >= 11 is 0. The number of aliphatic hydroxyl groups excluding tert-OH is 1. The fraction of sp³-hybridized carbons (Fsp3) is 0.667. The van der Waals surface area contributed by atoms with Crippen molar-refractivity contribution in [1.29, 1.82) is 0 Å². The molecule has 1 amide bonds. The van der Waals surface area contributed by atoms with Crippen molar-refractivity contribution >= 4 is 6.09 Å². The number of piperidine rings is 1. The summed E-state index contributed by atoms with van der Waals surface area (Å²) < 4.78 is 0. The molecule has 0 bridgehead atoms.